The third kappa shape index (κ3) is 3.83. The van der Waals surface area contributed by atoms with Gasteiger partial charge in [-0.1, -0.05) is 11.8 Å². The van der Waals surface area contributed by atoms with Gasteiger partial charge in [0.05, 0.1) is 0 Å². The van der Waals surface area contributed by atoms with Crippen molar-refractivity contribution < 1.29 is 13.6 Å². The molecule has 20 heavy (non-hydrogen) atoms. The van der Waals surface area contributed by atoms with E-state index in [9.17, 15) is 13.6 Å². The molecule has 1 fully saturated rings. The van der Waals surface area contributed by atoms with Gasteiger partial charge >= 0.3 is 6.03 Å². The van der Waals surface area contributed by atoms with Crippen molar-refractivity contribution in [2.45, 2.75) is 16.7 Å². The third-order valence-electron chi connectivity index (χ3n) is 3.21. The largest absolute Gasteiger partial charge is 0.321 e. The number of halogens is 2. The van der Waals surface area contributed by atoms with E-state index in [1.807, 2.05) is 14.1 Å². The maximum absolute atomic E-state index is 12.2. The fourth-order valence-electron chi connectivity index (χ4n) is 1.87. The van der Waals surface area contributed by atoms with Gasteiger partial charge in [0, 0.05) is 29.7 Å². The molecule has 0 aromatic heterocycles. The lowest BCUT2D eigenvalue weighted by Gasteiger charge is -2.42. The first-order valence-electron chi connectivity index (χ1n) is 6.23. The highest BCUT2D eigenvalue weighted by Gasteiger charge is 2.31. The standard InChI is InChI=1S/C13H17F2N3OS/c1-17(2)10-7-18(8-10)13(19)16-9-3-5-11(6-4-9)20-12(14)15/h3-6,10,12H,7-8H2,1-2H3,(H,16,19). The zero-order chi connectivity index (χ0) is 14.7. The molecule has 1 aliphatic heterocycles. The molecule has 4 nitrogen and oxygen atoms in total. The minimum atomic E-state index is -2.43. The van der Waals surface area contributed by atoms with E-state index in [2.05, 4.69) is 10.2 Å². The smallest absolute Gasteiger partial charge is 0.321 e. The summed E-state index contributed by atoms with van der Waals surface area (Å²) in [7, 11) is 3.97. The van der Waals surface area contributed by atoms with Crippen LogP contribution in [-0.4, -0.2) is 54.8 Å². The average molecular weight is 301 g/mol. The minimum Gasteiger partial charge on any atom is -0.321 e. The van der Waals surface area contributed by atoms with Crippen LogP contribution in [0.25, 0.3) is 0 Å². The molecule has 2 amide bonds. The summed E-state index contributed by atoms with van der Waals surface area (Å²) < 4.78 is 24.3. The Balaban J connectivity index is 1.83. The van der Waals surface area contributed by atoms with Gasteiger partial charge in [-0.2, -0.15) is 8.78 Å². The van der Waals surface area contributed by atoms with E-state index in [1.54, 1.807) is 29.2 Å². The number of alkyl halides is 2. The van der Waals surface area contributed by atoms with Crippen molar-refractivity contribution in [1.29, 1.82) is 0 Å². The van der Waals surface area contributed by atoms with Gasteiger partial charge in [0.25, 0.3) is 5.76 Å². The molecular weight excluding hydrogens is 284 g/mol. The molecule has 7 heteroatoms. The first-order chi connectivity index (χ1) is 9.45. The third-order valence-corrected chi connectivity index (χ3v) is 3.93. The van der Waals surface area contributed by atoms with Crippen LogP contribution in [0.3, 0.4) is 0 Å². The number of anilines is 1. The van der Waals surface area contributed by atoms with Crippen molar-refractivity contribution in [2.75, 3.05) is 32.5 Å². The minimum absolute atomic E-state index is 0.155. The molecular formula is C13H17F2N3OS. The molecule has 0 aliphatic carbocycles. The Morgan fingerprint density at radius 3 is 2.45 bits per heavy atom. The molecule has 0 saturated carbocycles. The summed E-state index contributed by atoms with van der Waals surface area (Å²) in [5, 5.41) is 2.76. The summed E-state index contributed by atoms with van der Waals surface area (Å²) in [4.78, 5) is 16.2. The van der Waals surface area contributed by atoms with Crippen molar-refractivity contribution in [3.8, 4) is 0 Å². The highest BCUT2D eigenvalue weighted by atomic mass is 32.2. The second-order valence-corrected chi connectivity index (χ2v) is 5.92. The molecule has 1 heterocycles. The molecule has 0 bridgehead atoms. The molecule has 0 unspecified atom stereocenters. The number of hydrogen-bond acceptors (Lipinski definition) is 3. The summed E-state index contributed by atoms with van der Waals surface area (Å²) in [5.74, 6) is -2.43. The van der Waals surface area contributed by atoms with E-state index < -0.39 is 5.76 Å². The lowest BCUT2D eigenvalue weighted by atomic mass is 10.1. The number of carbonyl (C=O) groups excluding carboxylic acids is 1. The number of thioether (sulfide) groups is 1. The number of nitrogens with zero attached hydrogens (tertiary/aromatic N) is 2. The molecule has 1 aromatic rings. The van der Waals surface area contributed by atoms with Crippen molar-refractivity contribution in [3.63, 3.8) is 0 Å². The predicted octanol–water partition coefficient (Wildman–Crippen LogP) is 2.78. The second-order valence-electron chi connectivity index (χ2n) is 4.86. The Morgan fingerprint density at radius 2 is 1.95 bits per heavy atom. The monoisotopic (exact) mass is 301 g/mol. The summed E-state index contributed by atoms with van der Waals surface area (Å²) in [6.45, 7) is 1.41. The fraction of sp³-hybridized carbons (Fsp3) is 0.462. The van der Waals surface area contributed by atoms with Crippen LogP contribution in [0, 0.1) is 0 Å². The normalized spacial score (nSPS) is 15.6. The number of rotatable bonds is 4. The van der Waals surface area contributed by atoms with Crippen molar-refractivity contribution in [3.05, 3.63) is 24.3 Å². The molecule has 0 atom stereocenters. The molecule has 1 N–H and O–H groups in total. The van der Waals surface area contributed by atoms with E-state index in [1.165, 1.54) is 0 Å². The lowest BCUT2D eigenvalue weighted by molar-refractivity contribution is 0.0942. The number of hydrogen-bond donors (Lipinski definition) is 1. The van der Waals surface area contributed by atoms with Crippen LogP contribution in [-0.2, 0) is 0 Å². The van der Waals surface area contributed by atoms with Gasteiger partial charge in [-0.05, 0) is 38.4 Å². The van der Waals surface area contributed by atoms with Crippen molar-refractivity contribution in [1.82, 2.24) is 9.80 Å². The van der Waals surface area contributed by atoms with Crippen molar-refractivity contribution >= 4 is 23.5 Å². The maximum Gasteiger partial charge on any atom is 0.321 e. The molecule has 110 valence electrons. The predicted molar refractivity (Wildman–Crippen MR) is 76.4 cm³/mol. The molecule has 1 aliphatic rings. The van der Waals surface area contributed by atoms with E-state index in [-0.39, 0.29) is 6.03 Å². The quantitative estimate of drug-likeness (QED) is 0.869. The van der Waals surface area contributed by atoms with Crippen LogP contribution >= 0.6 is 11.8 Å². The van der Waals surface area contributed by atoms with Crippen LogP contribution in [0.2, 0.25) is 0 Å². The Bertz CT molecular complexity index is 461. The Hall–Kier alpha value is -1.34. The van der Waals surface area contributed by atoms with Gasteiger partial charge in [-0.3, -0.25) is 0 Å². The highest BCUT2D eigenvalue weighted by molar-refractivity contribution is 7.99. The summed E-state index contributed by atoms with van der Waals surface area (Å²) in [6, 6.07) is 6.66. The highest BCUT2D eigenvalue weighted by Crippen LogP contribution is 2.26. The number of likely N-dealkylation sites (N-methyl/N-ethyl adjacent to an activating group) is 1. The number of amides is 2. The Morgan fingerprint density at radius 1 is 1.35 bits per heavy atom. The zero-order valence-corrected chi connectivity index (χ0v) is 12.2. The number of urea groups is 1. The maximum atomic E-state index is 12.2. The summed E-state index contributed by atoms with van der Waals surface area (Å²) in [6.07, 6.45) is 0. The van der Waals surface area contributed by atoms with Crippen LogP contribution < -0.4 is 5.32 Å². The van der Waals surface area contributed by atoms with Crippen molar-refractivity contribution in [2.24, 2.45) is 0 Å². The number of nitrogens with one attached hydrogen (secondary N) is 1. The van der Waals surface area contributed by atoms with Crippen LogP contribution in [0.5, 0.6) is 0 Å². The fourth-order valence-corrected chi connectivity index (χ4v) is 2.37. The van der Waals surface area contributed by atoms with Gasteiger partial charge < -0.3 is 15.1 Å². The van der Waals surface area contributed by atoms with Crippen LogP contribution in [0.15, 0.2) is 29.2 Å². The molecule has 0 radical (unpaired) electrons. The summed E-state index contributed by atoms with van der Waals surface area (Å²) in [5.41, 5.74) is 0.613. The lowest BCUT2D eigenvalue weighted by Crippen LogP contribution is -2.60. The molecule has 1 aromatic carbocycles. The van der Waals surface area contributed by atoms with Crippen LogP contribution in [0.1, 0.15) is 0 Å². The Kier molecular flexibility index (Phi) is 4.82. The first kappa shape index (κ1) is 15.1. The first-order valence-corrected chi connectivity index (χ1v) is 7.11. The zero-order valence-electron chi connectivity index (χ0n) is 11.3. The molecule has 2 rings (SSSR count). The average Bonchev–Trinajstić information content (AvgIpc) is 2.28. The van der Waals surface area contributed by atoms with Gasteiger partial charge in [0.1, 0.15) is 0 Å². The number of carbonyl (C=O) groups is 1. The second kappa shape index (κ2) is 6.41. The van der Waals surface area contributed by atoms with E-state index in [0.29, 0.717) is 41.5 Å². The topological polar surface area (TPSA) is 35.6 Å². The van der Waals surface area contributed by atoms with Gasteiger partial charge in [0.2, 0.25) is 0 Å². The molecule has 1 saturated heterocycles. The van der Waals surface area contributed by atoms with Gasteiger partial charge in [0.15, 0.2) is 0 Å². The number of likely N-dealkylation sites (tertiary alicyclic amines) is 1. The van der Waals surface area contributed by atoms with E-state index in [0.717, 1.165) is 0 Å². The molecule has 0 spiro atoms. The summed E-state index contributed by atoms with van der Waals surface area (Å²) >= 11 is 0.490. The Labute approximate surface area is 121 Å². The van der Waals surface area contributed by atoms with Crippen LogP contribution in [0.4, 0.5) is 19.3 Å². The van der Waals surface area contributed by atoms with E-state index >= 15 is 0 Å². The van der Waals surface area contributed by atoms with Gasteiger partial charge in [-0.15, -0.1) is 0 Å². The van der Waals surface area contributed by atoms with E-state index in [4.69, 9.17) is 0 Å². The van der Waals surface area contributed by atoms with Gasteiger partial charge in [-0.25, -0.2) is 4.79 Å². The number of benzene rings is 1. The SMILES string of the molecule is CN(C)C1CN(C(=O)Nc2ccc(SC(F)F)cc2)C1.